The molecule has 0 unspecified atom stereocenters. The molecule has 4 rings (SSSR count). The van der Waals surface area contributed by atoms with E-state index in [-0.39, 0.29) is 5.56 Å². The first-order valence-corrected chi connectivity index (χ1v) is 9.14. The Morgan fingerprint density at radius 2 is 1.92 bits per heavy atom. The number of nitrogens with one attached hydrogen (secondary N) is 1. The van der Waals surface area contributed by atoms with E-state index in [9.17, 15) is 4.79 Å². The van der Waals surface area contributed by atoms with Crippen molar-refractivity contribution in [2.75, 3.05) is 23.3 Å². The van der Waals surface area contributed by atoms with Gasteiger partial charge in [0.05, 0.1) is 11.7 Å². The summed E-state index contributed by atoms with van der Waals surface area (Å²) < 4.78 is 1.63. The number of hydrogen-bond donors (Lipinski definition) is 1. The number of anilines is 3. The Balaban J connectivity index is 1.65. The number of pyridine rings is 1. The highest BCUT2D eigenvalue weighted by atomic mass is 35.5. The number of aromatic nitrogens is 3. The number of aryl methyl sites for hydroxylation is 1. The molecule has 7 heteroatoms. The zero-order valence-corrected chi connectivity index (χ0v) is 15.3. The maximum atomic E-state index is 11.7. The molecule has 1 aliphatic rings. The van der Waals surface area contributed by atoms with E-state index >= 15 is 0 Å². The van der Waals surface area contributed by atoms with Gasteiger partial charge in [0.2, 0.25) is 5.95 Å². The zero-order chi connectivity index (χ0) is 18.1. The molecule has 0 spiro atoms. The fraction of sp³-hybridized carbons (Fsp3) is 0.316. The maximum absolute atomic E-state index is 11.7. The van der Waals surface area contributed by atoms with Crippen molar-refractivity contribution in [2.45, 2.75) is 19.3 Å². The van der Waals surface area contributed by atoms with Crippen molar-refractivity contribution in [3.8, 4) is 0 Å². The molecule has 0 atom stereocenters. The number of nitrogens with zero attached hydrogens (tertiary/aromatic N) is 4. The molecule has 0 bridgehead atoms. The maximum Gasteiger partial charge on any atom is 0.250 e. The summed E-state index contributed by atoms with van der Waals surface area (Å²) in [4.78, 5) is 22.9. The Kier molecular flexibility index (Phi) is 4.51. The van der Waals surface area contributed by atoms with Gasteiger partial charge in [0.25, 0.3) is 5.56 Å². The molecule has 1 aliphatic heterocycles. The Hall–Kier alpha value is -2.60. The second-order valence-corrected chi connectivity index (χ2v) is 6.95. The molecule has 2 aromatic heterocycles. The van der Waals surface area contributed by atoms with Crippen LogP contribution in [0.2, 0.25) is 5.02 Å². The number of piperidine rings is 1. The lowest BCUT2D eigenvalue weighted by molar-refractivity contribution is 0.568. The minimum atomic E-state index is -0.0248. The van der Waals surface area contributed by atoms with Crippen LogP contribution in [0, 0.1) is 0 Å². The smallest absolute Gasteiger partial charge is 0.250 e. The molecule has 0 amide bonds. The number of rotatable bonds is 3. The van der Waals surface area contributed by atoms with Gasteiger partial charge in [-0.25, -0.2) is 4.98 Å². The van der Waals surface area contributed by atoms with Gasteiger partial charge in [-0.05, 0) is 43.5 Å². The van der Waals surface area contributed by atoms with Gasteiger partial charge in [0, 0.05) is 37.3 Å². The Morgan fingerprint density at radius 3 is 2.73 bits per heavy atom. The first-order valence-electron chi connectivity index (χ1n) is 8.76. The minimum Gasteiger partial charge on any atom is -0.341 e. The van der Waals surface area contributed by atoms with E-state index in [1.165, 1.54) is 6.42 Å². The van der Waals surface area contributed by atoms with Crippen LogP contribution in [-0.2, 0) is 7.05 Å². The van der Waals surface area contributed by atoms with E-state index in [0.717, 1.165) is 42.5 Å². The third-order valence-corrected chi connectivity index (χ3v) is 5.03. The minimum absolute atomic E-state index is 0.0248. The SMILES string of the molecule is Cn1c(=O)ccc2cc(Nc3nc(N4CCCCC4)ncc3Cl)ccc21. The molecule has 6 nitrogen and oxygen atoms in total. The molecule has 26 heavy (non-hydrogen) atoms. The van der Waals surface area contributed by atoms with Crippen molar-refractivity contribution in [2.24, 2.45) is 7.05 Å². The second-order valence-electron chi connectivity index (χ2n) is 6.54. The van der Waals surface area contributed by atoms with Gasteiger partial charge >= 0.3 is 0 Å². The molecule has 134 valence electrons. The molecule has 1 fully saturated rings. The summed E-state index contributed by atoms with van der Waals surface area (Å²) in [7, 11) is 1.77. The van der Waals surface area contributed by atoms with Crippen LogP contribution in [0.4, 0.5) is 17.5 Å². The van der Waals surface area contributed by atoms with E-state index in [1.807, 2.05) is 24.3 Å². The summed E-state index contributed by atoms with van der Waals surface area (Å²) in [6.07, 6.45) is 5.23. The molecule has 0 radical (unpaired) electrons. The molecular weight excluding hydrogens is 350 g/mol. The summed E-state index contributed by atoms with van der Waals surface area (Å²) in [5.41, 5.74) is 1.72. The number of fused-ring (bicyclic) bond motifs is 1. The molecule has 0 aliphatic carbocycles. The van der Waals surface area contributed by atoms with Gasteiger partial charge in [0.15, 0.2) is 5.82 Å². The highest BCUT2D eigenvalue weighted by molar-refractivity contribution is 6.32. The summed E-state index contributed by atoms with van der Waals surface area (Å²) in [6, 6.07) is 9.20. The predicted octanol–water partition coefficient (Wildman–Crippen LogP) is 3.72. The van der Waals surface area contributed by atoms with Crippen LogP contribution in [0.15, 0.2) is 41.3 Å². The summed E-state index contributed by atoms with van der Waals surface area (Å²) in [5, 5.41) is 4.73. The number of hydrogen-bond acceptors (Lipinski definition) is 5. The van der Waals surface area contributed by atoms with Crippen LogP contribution in [-0.4, -0.2) is 27.6 Å². The Morgan fingerprint density at radius 1 is 1.12 bits per heavy atom. The fourth-order valence-electron chi connectivity index (χ4n) is 3.29. The quantitative estimate of drug-likeness (QED) is 0.762. The number of benzene rings is 1. The first-order chi connectivity index (χ1) is 12.6. The van der Waals surface area contributed by atoms with Crippen LogP contribution in [0.3, 0.4) is 0 Å². The fourth-order valence-corrected chi connectivity index (χ4v) is 3.43. The van der Waals surface area contributed by atoms with E-state index in [2.05, 4.69) is 20.2 Å². The lowest BCUT2D eigenvalue weighted by atomic mass is 10.1. The van der Waals surface area contributed by atoms with Gasteiger partial charge in [-0.1, -0.05) is 11.6 Å². The molecular formula is C19H20ClN5O. The van der Waals surface area contributed by atoms with E-state index in [0.29, 0.717) is 16.8 Å². The third-order valence-electron chi connectivity index (χ3n) is 4.76. The summed E-state index contributed by atoms with van der Waals surface area (Å²) in [5.74, 6) is 1.30. The Labute approximate surface area is 156 Å². The largest absolute Gasteiger partial charge is 0.341 e. The third kappa shape index (κ3) is 3.24. The number of halogens is 1. The van der Waals surface area contributed by atoms with Crippen molar-refractivity contribution in [3.05, 3.63) is 51.9 Å². The molecule has 3 heterocycles. The van der Waals surface area contributed by atoms with Crippen molar-refractivity contribution < 1.29 is 0 Å². The van der Waals surface area contributed by atoms with Gasteiger partial charge in [-0.2, -0.15) is 4.98 Å². The average Bonchev–Trinajstić information content (AvgIpc) is 2.67. The van der Waals surface area contributed by atoms with Crippen molar-refractivity contribution >= 4 is 40.0 Å². The van der Waals surface area contributed by atoms with Crippen LogP contribution < -0.4 is 15.8 Å². The monoisotopic (exact) mass is 369 g/mol. The lowest BCUT2D eigenvalue weighted by Crippen LogP contribution is -2.31. The highest BCUT2D eigenvalue weighted by Gasteiger charge is 2.15. The standard InChI is InChI=1S/C19H20ClN5O/c1-24-16-7-6-14(11-13(16)5-8-17(24)26)22-18-15(20)12-21-19(23-18)25-9-3-2-4-10-25/h5-8,11-12H,2-4,9-10H2,1H3,(H,21,22,23). The van der Waals surface area contributed by atoms with Crippen molar-refractivity contribution in [1.29, 1.82) is 0 Å². The van der Waals surface area contributed by atoms with Crippen LogP contribution >= 0.6 is 11.6 Å². The van der Waals surface area contributed by atoms with E-state index in [1.54, 1.807) is 23.9 Å². The van der Waals surface area contributed by atoms with Crippen LogP contribution in [0.1, 0.15) is 19.3 Å². The average molecular weight is 370 g/mol. The van der Waals surface area contributed by atoms with E-state index in [4.69, 9.17) is 11.6 Å². The summed E-state index contributed by atoms with van der Waals surface area (Å²) >= 11 is 6.30. The lowest BCUT2D eigenvalue weighted by Gasteiger charge is -2.26. The van der Waals surface area contributed by atoms with Crippen molar-refractivity contribution in [3.63, 3.8) is 0 Å². The van der Waals surface area contributed by atoms with Gasteiger partial charge in [0.1, 0.15) is 5.02 Å². The second kappa shape index (κ2) is 6.96. The Bertz CT molecular complexity index is 1010. The topological polar surface area (TPSA) is 63.1 Å². The van der Waals surface area contributed by atoms with Gasteiger partial charge in [-0.15, -0.1) is 0 Å². The molecule has 3 aromatic rings. The predicted molar refractivity (Wildman–Crippen MR) is 106 cm³/mol. The van der Waals surface area contributed by atoms with Gasteiger partial charge < -0.3 is 14.8 Å². The molecule has 1 aromatic carbocycles. The van der Waals surface area contributed by atoms with E-state index < -0.39 is 0 Å². The highest BCUT2D eigenvalue weighted by Crippen LogP contribution is 2.27. The van der Waals surface area contributed by atoms with Crippen LogP contribution in [0.25, 0.3) is 10.9 Å². The zero-order valence-electron chi connectivity index (χ0n) is 14.6. The van der Waals surface area contributed by atoms with Crippen molar-refractivity contribution in [1.82, 2.24) is 14.5 Å². The molecule has 1 N–H and O–H groups in total. The first kappa shape index (κ1) is 16.8. The molecule has 0 saturated carbocycles. The summed E-state index contributed by atoms with van der Waals surface area (Å²) in [6.45, 7) is 1.95. The molecule has 1 saturated heterocycles. The van der Waals surface area contributed by atoms with Crippen LogP contribution in [0.5, 0.6) is 0 Å². The normalized spacial score (nSPS) is 14.6. The van der Waals surface area contributed by atoms with Gasteiger partial charge in [-0.3, -0.25) is 4.79 Å².